The van der Waals surface area contributed by atoms with Crippen LogP contribution in [0.5, 0.6) is 0 Å². The fourth-order valence-corrected chi connectivity index (χ4v) is 3.27. The van der Waals surface area contributed by atoms with Crippen LogP contribution in [0.4, 0.5) is 0 Å². The summed E-state index contributed by atoms with van der Waals surface area (Å²) in [6.45, 7) is 4.17. The van der Waals surface area contributed by atoms with Crippen LogP contribution in [0.3, 0.4) is 0 Å². The van der Waals surface area contributed by atoms with Crippen molar-refractivity contribution < 1.29 is 9.21 Å². The Kier molecular flexibility index (Phi) is 5.08. The zero-order valence-corrected chi connectivity index (χ0v) is 15.3. The molecule has 3 heterocycles. The number of nitrogens with zero attached hydrogens (tertiary/aromatic N) is 5. The molecule has 8 nitrogen and oxygen atoms in total. The van der Waals surface area contributed by atoms with E-state index in [1.807, 2.05) is 24.4 Å². The van der Waals surface area contributed by atoms with Gasteiger partial charge in [-0.3, -0.25) is 14.7 Å². The minimum atomic E-state index is -0.197. The van der Waals surface area contributed by atoms with Crippen LogP contribution >= 0.6 is 0 Å². The van der Waals surface area contributed by atoms with Crippen molar-refractivity contribution >= 4 is 16.8 Å². The first-order valence-corrected chi connectivity index (χ1v) is 9.05. The predicted octanol–water partition coefficient (Wildman–Crippen LogP) is 1.30. The van der Waals surface area contributed by atoms with Gasteiger partial charge in [-0.05, 0) is 24.7 Å². The van der Waals surface area contributed by atoms with Crippen LogP contribution in [0.2, 0.25) is 0 Å². The number of carbonyl (C=O) groups excluding carboxylic acids is 1. The molecule has 1 N–H and O–H groups in total. The molecule has 1 aliphatic heterocycles. The van der Waals surface area contributed by atoms with Crippen LogP contribution in [-0.4, -0.2) is 64.1 Å². The number of hydrogen-bond donors (Lipinski definition) is 1. The van der Waals surface area contributed by atoms with Crippen LogP contribution in [-0.2, 0) is 13.1 Å². The summed E-state index contributed by atoms with van der Waals surface area (Å²) in [7, 11) is 1.79. The van der Waals surface area contributed by atoms with Gasteiger partial charge >= 0.3 is 11.8 Å². The maximum atomic E-state index is 12.5. The normalized spacial score (nSPS) is 15.4. The van der Waals surface area contributed by atoms with Gasteiger partial charge in [0.1, 0.15) is 0 Å². The van der Waals surface area contributed by atoms with Crippen molar-refractivity contribution in [2.24, 2.45) is 0 Å². The molecule has 140 valence electrons. The Balaban J connectivity index is 1.34. The molecule has 1 aromatic carbocycles. The van der Waals surface area contributed by atoms with Gasteiger partial charge in [-0.2, -0.15) is 0 Å². The Bertz CT molecular complexity index is 933. The number of nitrogens with one attached hydrogen (secondary N) is 1. The number of benzene rings is 1. The summed E-state index contributed by atoms with van der Waals surface area (Å²) in [5, 5.41) is 11.8. The molecule has 0 radical (unpaired) electrons. The molecular weight excluding hydrogens is 344 g/mol. The molecule has 0 saturated carbocycles. The lowest BCUT2D eigenvalue weighted by atomic mass is 10.1. The highest BCUT2D eigenvalue weighted by molar-refractivity contribution is 5.89. The van der Waals surface area contributed by atoms with Crippen molar-refractivity contribution in [1.29, 1.82) is 0 Å². The van der Waals surface area contributed by atoms with Crippen LogP contribution in [0.25, 0.3) is 10.9 Å². The average Bonchev–Trinajstić information content (AvgIpc) is 3.17. The first kappa shape index (κ1) is 17.6. The van der Waals surface area contributed by atoms with Crippen LogP contribution in [0.1, 0.15) is 22.1 Å². The molecule has 27 heavy (non-hydrogen) atoms. The first-order chi connectivity index (χ1) is 13.2. The summed E-state index contributed by atoms with van der Waals surface area (Å²) in [6, 6.07) is 10.3. The molecular formula is C19H22N6O2. The second-order valence-electron chi connectivity index (χ2n) is 6.64. The van der Waals surface area contributed by atoms with Crippen molar-refractivity contribution in [3.63, 3.8) is 0 Å². The fourth-order valence-electron chi connectivity index (χ4n) is 3.27. The third-order valence-corrected chi connectivity index (χ3v) is 4.69. The molecule has 0 bridgehead atoms. The molecule has 1 amide bonds. The van der Waals surface area contributed by atoms with E-state index in [0.29, 0.717) is 25.5 Å². The topological polar surface area (TPSA) is 87.4 Å². The SMILES string of the molecule is CNCc1nnc(C(=O)N2CCN(Cc3cnc4ccccc4c3)CC2)o1. The third kappa shape index (κ3) is 3.96. The summed E-state index contributed by atoms with van der Waals surface area (Å²) < 4.78 is 5.40. The highest BCUT2D eigenvalue weighted by Crippen LogP contribution is 2.15. The maximum Gasteiger partial charge on any atom is 0.311 e. The summed E-state index contributed by atoms with van der Waals surface area (Å²) in [4.78, 5) is 21.1. The van der Waals surface area contributed by atoms with Crippen LogP contribution in [0, 0.1) is 0 Å². The number of hydrogen-bond acceptors (Lipinski definition) is 7. The first-order valence-electron chi connectivity index (χ1n) is 9.05. The average molecular weight is 366 g/mol. The minimum Gasteiger partial charge on any atom is -0.415 e. The van der Waals surface area contributed by atoms with Gasteiger partial charge < -0.3 is 14.6 Å². The number of fused-ring (bicyclic) bond motifs is 1. The molecule has 1 aliphatic rings. The number of pyridine rings is 1. The van der Waals surface area contributed by atoms with Crippen molar-refractivity contribution in [3.8, 4) is 0 Å². The van der Waals surface area contributed by atoms with E-state index in [9.17, 15) is 4.79 Å². The van der Waals surface area contributed by atoms with E-state index in [1.54, 1.807) is 11.9 Å². The number of para-hydroxylation sites is 1. The van der Waals surface area contributed by atoms with Gasteiger partial charge in [0.25, 0.3) is 0 Å². The second-order valence-corrected chi connectivity index (χ2v) is 6.64. The van der Waals surface area contributed by atoms with Crippen molar-refractivity contribution in [2.75, 3.05) is 33.2 Å². The summed E-state index contributed by atoms with van der Waals surface area (Å²) in [6.07, 6.45) is 1.93. The van der Waals surface area contributed by atoms with Crippen molar-refractivity contribution in [3.05, 3.63) is 53.9 Å². The second kappa shape index (κ2) is 7.81. The van der Waals surface area contributed by atoms with Gasteiger partial charge in [-0.1, -0.05) is 18.2 Å². The number of carbonyl (C=O) groups is 1. The third-order valence-electron chi connectivity index (χ3n) is 4.69. The van der Waals surface area contributed by atoms with E-state index in [0.717, 1.165) is 30.5 Å². The smallest absolute Gasteiger partial charge is 0.311 e. The van der Waals surface area contributed by atoms with Gasteiger partial charge in [-0.15, -0.1) is 10.2 Å². The summed E-state index contributed by atoms with van der Waals surface area (Å²) in [5.41, 5.74) is 2.19. The molecule has 1 saturated heterocycles. The zero-order chi connectivity index (χ0) is 18.6. The van der Waals surface area contributed by atoms with Gasteiger partial charge in [0.2, 0.25) is 5.89 Å². The van der Waals surface area contributed by atoms with E-state index < -0.39 is 0 Å². The summed E-state index contributed by atoms with van der Waals surface area (Å²) >= 11 is 0. The maximum absolute atomic E-state index is 12.5. The molecule has 1 fully saturated rings. The Morgan fingerprint density at radius 3 is 2.81 bits per heavy atom. The Labute approximate surface area is 157 Å². The Morgan fingerprint density at radius 2 is 2.00 bits per heavy atom. The van der Waals surface area contributed by atoms with Crippen LogP contribution < -0.4 is 5.32 Å². The molecule has 0 aliphatic carbocycles. The molecule has 8 heteroatoms. The van der Waals surface area contributed by atoms with Gasteiger partial charge in [0.05, 0.1) is 12.1 Å². The molecule has 0 unspecified atom stereocenters. The van der Waals surface area contributed by atoms with Crippen molar-refractivity contribution in [2.45, 2.75) is 13.1 Å². The van der Waals surface area contributed by atoms with Gasteiger partial charge in [0, 0.05) is 44.3 Å². The lowest BCUT2D eigenvalue weighted by Crippen LogP contribution is -2.48. The fraction of sp³-hybridized carbons (Fsp3) is 0.368. The molecule has 0 spiro atoms. The monoisotopic (exact) mass is 366 g/mol. The number of piperazine rings is 1. The molecule has 0 atom stereocenters. The van der Waals surface area contributed by atoms with Crippen LogP contribution in [0.15, 0.2) is 40.9 Å². The highest BCUT2D eigenvalue weighted by atomic mass is 16.4. The Morgan fingerprint density at radius 1 is 1.19 bits per heavy atom. The standard InChI is InChI=1S/C19H22N6O2/c1-20-12-17-22-23-18(27-17)19(26)25-8-6-24(7-9-25)13-14-10-15-4-2-3-5-16(15)21-11-14/h2-5,10-11,20H,6-9,12-13H2,1H3. The molecule has 4 rings (SSSR count). The lowest BCUT2D eigenvalue weighted by Gasteiger charge is -2.34. The van der Waals surface area contributed by atoms with E-state index in [4.69, 9.17) is 4.42 Å². The van der Waals surface area contributed by atoms with E-state index in [2.05, 4.69) is 37.5 Å². The number of aromatic nitrogens is 3. The quantitative estimate of drug-likeness (QED) is 0.728. The largest absolute Gasteiger partial charge is 0.415 e. The lowest BCUT2D eigenvalue weighted by molar-refractivity contribution is 0.0588. The summed E-state index contributed by atoms with van der Waals surface area (Å²) in [5.74, 6) is 0.285. The number of amides is 1. The van der Waals surface area contributed by atoms with Gasteiger partial charge in [0.15, 0.2) is 0 Å². The predicted molar refractivity (Wildman–Crippen MR) is 100.0 cm³/mol. The minimum absolute atomic E-state index is 0.0624. The van der Waals surface area contributed by atoms with Crippen molar-refractivity contribution in [1.82, 2.24) is 30.3 Å². The Hall–Kier alpha value is -2.84. The molecule has 3 aromatic rings. The van der Waals surface area contributed by atoms with Gasteiger partial charge in [-0.25, -0.2) is 0 Å². The number of rotatable bonds is 5. The molecule has 2 aromatic heterocycles. The highest BCUT2D eigenvalue weighted by Gasteiger charge is 2.26. The van der Waals surface area contributed by atoms with E-state index >= 15 is 0 Å². The van der Waals surface area contributed by atoms with E-state index in [-0.39, 0.29) is 11.8 Å². The zero-order valence-electron chi connectivity index (χ0n) is 15.3. The van der Waals surface area contributed by atoms with E-state index in [1.165, 1.54) is 5.56 Å².